The van der Waals surface area contributed by atoms with Crippen LogP contribution in [-0.2, 0) is 4.79 Å². The molecule has 1 atom stereocenters. The highest BCUT2D eigenvalue weighted by Crippen LogP contribution is 2.41. The van der Waals surface area contributed by atoms with Crippen molar-refractivity contribution in [3.8, 4) is 0 Å². The highest BCUT2D eigenvalue weighted by molar-refractivity contribution is 7.80. The molecule has 1 spiro atoms. The van der Waals surface area contributed by atoms with E-state index in [4.69, 9.17) is 0 Å². The summed E-state index contributed by atoms with van der Waals surface area (Å²) in [5.41, 5.74) is 0.581. The van der Waals surface area contributed by atoms with Crippen LogP contribution in [0.2, 0.25) is 0 Å². The minimum absolute atomic E-state index is 0.189. The molecular weight excluding hydrogens is 280 g/mol. The summed E-state index contributed by atoms with van der Waals surface area (Å²) in [6, 6.07) is 0. The van der Waals surface area contributed by atoms with Crippen molar-refractivity contribution in [1.82, 2.24) is 9.80 Å². The molecule has 0 amide bonds. The first-order valence-electron chi connectivity index (χ1n) is 8.59. The van der Waals surface area contributed by atoms with E-state index in [2.05, 4.69) is 29.4 Å². The zero-order valence-corrected chi connectivity index (χ0v) is 14.9. The second-order valence-electron chi connectivity index (χ2n) is 7.38. The molecule has 3 nitrogen and oxygen atoms in total. The smallest absolute Gasteiger partial charge is 0.136 e. The lowest BCUT2D eigenvalue weighted by Gasteiger charge is -2.47. The van der Waals surface area contributed by atoms with Crippen LogP contribution < -0.4 is 0 Å². The fourth-order valence-corrected chi connectivity index (χ4v) is 3.91. The molecule has 4 heteroatoms. The Morgan fingerprint density at radius 3 is 2.05 bits per heavy atom. The monoisotopic (exact) mass is 312 g/mol. The predicted octanol–water partition coefficient (Wildman–Crippen LogP) is 3.06. The first kappa shape index (κ1) is 17.3. The molecule has 21 heavy (non-hydrogen) atoms. The van der Waals surface area contributed by atoms with Crippen molar-refractivity contribution in [3.05, 3.63) is 0 Å². The number of likely N-dealkylation sites (tertiary alicyclic amines) is 2. The van der Waals surface area contributed by atoms with Crippen molar-refractivity contribution in [3.63, 3.8) is 0 Å². The SMILES string of the molecule is CC(C)C(=O)CCN1CCC2(CC1)CCN(C(C)S)CC2. The molecule has 2 saturated heterocycles. The Bertz CT molecular complexity index is 339. The number of carbonyl (C=O) groups is 1. The second-order valence-corrected chi connectivity index (χ2v) is 8.13. The first-order chi connectivity index (χ1) is 9.92. The van der Waals surface area contributed by atoms with Gasteiger partial charge in [-0.2, -0.15) is 12.6 Å². The van der Waals surface area contributed by atoms with Crippen molar-refractivity contribution in [2.45, 2.75) is 58.2 Å². The quantitative estimate of drug-likeness (QED) is 0.789. The fraction of sp³-hybridized carbons (Fsp3) is 0.941. The van der Waals surface area contributed by atoms with E-state index in [0.717, 1.165) is 13.0 Å². The number of rotatable bonds is 5. The number of thiol groups is 1. The highest BCUT2D eigenvalue weighted by atomic mass is 32.1. The molecule has 0 aromatic heterocycles. The van der Waals surface area contributed by atoms with Crippen molar-refractivity contribution < 1.29 is 4.79 Å². The van der Waals surface area contributed by atoms with Crippen molar-refractivity contribution in [2.24, 2.45) is 11.3 Å². The number of carbonyl (C=O) groups excluding carboxylic acids is 1. The van der Waals surface area contributed by atoms with Gasteiger partial charge in [-0.15, -0.1) is 0 Å². The lowest BCUT2D eigenvalue weighted by molar-refractivity contribution is -0.122. The van der Waals surface area contributed by atoms with E-state index in [-0.39, 0.29) is 5.92 Å². The zero-order valence-electron chi connectivity index (χ0n) is 14.0. The summed E-state index contributed by atoms with van der Waals surface area (Å²) >= 11 is 4.56. The standard InChI is InChI=1S/C17H32N2OS/c1-14(2)16(20)4-9-18-10-5-17(6-11-18)7-12-19(13-8-17)15(3)21/h14-15,21H,4-13H2,1-3H3. The van der Waals surface area contributed by atoms with Gasteiger partial charge in [0.2, 0.25) is 0 Å². The van der Waals surface area contributed by atoms with Crippen LogP contribution in [0.1, 0.15) is 52.9 Å². The Hall–Kier alpha value is -0.0600. The molecule has 0 aliphatic carbocycles. The fourth-order valence-electron chi connectivity index (χ4n) is 3.68. The van der Waals surface area contributed by atoms with Gasteiger partial charge in [-0.25, -0.2) is 0 Å². The van der Waals surface area contributed by atoms with E-state index in [0.29, 0.717) is 16.6 Å². The molecule has 0 bridgehead atoms. The summed E-state index contributed by atoms with van der Waals surface area (Å²) in [6.45, 7) is 11.9. The summed E-state index contributed by atoms with van der Waals surface area (Å²) in [7, 11) is 0. The van der Waals surface area contributed by atoms with Gasteiger partial charge in [-0.1, -0.05) is 13.8 Å². The second kappa shape index (κ2) is 7.47. The number of hydrogen-bond donors (Lipinski definition) is 1. The average Bonchev–Trinajstić information content (AvgIpc) is 2.47. The molecule has 122 valence electrons. The van der Waals surface area contributed by atoms with Gasteiger partial charge in [-0.3, -0.25) is 9.69 Å². The van der Waals surface area contributed by atoms with E-state index < -0.39 is 0 Å². The minimum Gasteiger partial charge on any atom is -0.303 e. The number of piperidine rings is 2. The van der Waals surface area contributed by atoms with Crippen LogP contribution >= 0.6 is 12.6 Å². The van der Waals surface area contributed by atoms with Gasteiger partial charge >= 0.3 is 0 Å². The van der Waals surface area contributed by atoms with E-state index in [9.17, 15) is 4.79 Å². The highest BCUT2D eigenvalue weighted by Gasteiger charge is 2.37. The summed E-state index contributed by atoms with van der Waals surface area (Å²) in [4.78, 5) is 16.7. The van der Waals surface area contributed by atoms with Gasteiger partial charge in [0.25, 0.3) is 0 Å². The summed E-state index contributed by atoms with van der Waals surface area (Å²) in [5, 5.41) is 0.393. The maximum Gasteiger partial charge on any atom is 0.136 e. The Kier molecular flexibility index (Phi) is 6.15. The summed E-state index contributed by atoms with van der Waals surface area (Å²) < 4.78 is 0. The van der Waals surface area contributed by atoms with Crippen LogP contribution in [0, 0.1) is 11.3 Å². The largest absolute Gasteiger partial charge is 0.303 e. The van der Waals surface area contributed by atoms with Gasteiger partial charge in [0.15, 0.2) is 0 Å². The van der Waals surface area contributed by atoms with Crippen LogP contribution in [0.3, 0.4) is 0 Å². The molecule has 0 radical (unpaired) electrons. The minimum atomic E-state index is 0.189. The molecule has 2 fully saturated rings. The molecule has 2 aliphatic heterocycles. The topological polar surface area (TPSA) is 23.6 Å². The van der Waals surface area contributed by atoms with Gasteiger partial charge in [-0.05, 0) is 64.2 Å². The van der Waals surface area contributed by atoms with Crippen LogP contribution in [0.5, 0.6) is 0 Å². The number of nitrogens with zero attached hydrogens (tertiary/aromatic N) is 2. The molecular formula is C17H32N2OS. The van der Waals surface area contributed by atoms with Gasteiger partial charge in [0.05, 0.1) is 0 Å². The Morgan fingerprint density at radius 2 is 1.57 bits per heavy atom. The maximum atomic E-state index is 11.7. The van der Waals surface area contributed by atoms with E-state index >= 15 is 0 Å². The van der Waals surface area contributed by atoms with Gasteiger partial charge in [0.1, 0.15) is 5.78 Å². The van der Waals surface area contributed by atoms with Gasteiger partial charge < -0.3 is 4.90 Å². The normalized spacial score (nSPS) is 25.4. The predicted molar refractivity (Wildman–Crippen MR) is 91.8 cm³/mol. The Morgan fingerprint density at radius 1 is 1.05 bits per heavy atom. The van der Waals surface area contributed by atoms with Crippen molar-refractivity contribution >= 4 is 18.4 Å². The summed E-state index contributed by atoms with van der Waals surface area (Å²) in [6.07, 6.45) is 6.03. The maximum absolute atomic E-state index is 11.7. The van der Waals surface area contributed by atoms with Crippen molar-refractivity contribution in [1.29, 1.82) is 0 Å². The molecule has 1 unspecified atom stereocenters. The molecule has 0 aromatic rings. The van der Waals surface area contributed by atoms with Gasteiger partial charge in [0, 0.05) is 24.3 Å². The zero-order chi connectivity index (χ0) is 15.5. The third-order valence-corrected chi connectivity index (χ3v) is 5.95. The first-order valence-corrected chi connectivity index (χ1v) is 9.11. The Labute approximate surface area is 135 Å². The van der Waals surface area contributed by atoms with Crippen LogP contribution in [-0.4, -0.2) is 53.7 Å². The molecule has 0 saturated carbocycles. The molecule has 2 rings (SSSR count). The molecule has 2 aliphatic rings. The van der Waals surface area contributed by atoms with E-state index in [1.807, 2.05) is 13.8 Å². The number of ketones is 1. The average molecular weight is 313 g/mol. The number of hydrogen-bond acceptors (Lipinski definition) is 4. The van der Waals surface area contributed by atoms with Crippen LogP contribution in [0.25, 0.3) is 0 Å². The molecule has 0 N–H and O–H groups in total. The molecule has 2 heterocycles. The van der Waals surface area contributed by atoms with Crippen LogP contribution in [0.4, 0.5) is 0 Å². The lowest BCUT2D eigenvalue weighted by atomic mass is 9.71. The molecule has 0 aromatic carbocycles. The third-order valence-electron chi connectivity index (χ3n) is 5.62. The third kappa shape index (κ3) is 4.70. The van der Waals surface area contributed by atoms with Crippen LogP contribution in [0.15, 0.2) is 0 Å². The Balaban J connectivity index is 1.72. The summed E-state index contributed by atoms with van der Waals surface area (Å²) in [5.74, 6) is 0.597. The van der Waals surface area contributed by atoms with E-state index in [1.54, 1.807) is 0 Å². The van der Waals surface area contributed by atoms with Crippen molar-refractivity contribution in [2.75, 3.05) is 32.7 Å². The lowest BCUT2D eigenvalue weighted by Crippen LogP contribution is -2.48. The number of Topliss-reactive ketones (excluding diaryl/α,β-unsaturated/α-hetero) is 1. The van der Waals surface area contributed by atoms with E-state index in [1.165, 1.54) is 51.9 Å².